The molecule has 0 unspecified atom stereocenters. The molecule has 0 amide bonds. The maximum absolute atomic E-state index is 9.00. The van der Waals surface area contributed by atoms with Crippen LogP contribution in [-0.4, -0.2) is 50.6 Å². The summed E-state index contributed by atoms with van der Waals surface area (Å²) in [6.07, 6.45) is 0. The van der Waals surface area contributed by atoms with Gasteiger partial charge in [0.25, 0.3) is 5.97 Å². The second-order valence-corrected chi connectivity index (χ2v) is 0.519. The minimum Gasteiger partial charge on any atom is -1.00 e. The van der Waals surface area contributed by atoms with Crippen LogP contribution >= 0.6 is 0 Å². The first kappa shape index (κ1) is 42.3. The van der Waals surface area contributed by atoms with Crippen molar-refractivity contribution in [1.82, 2.24) is 0 Å². The Bertz CT molecular complexity index is 40.6. The summed E-state index contributed by atoms with van der Waals surface area (Å²) in [6.45, 7) is 1.08. The van der Waals surface area contributed by atoms with Crippen molar-refractivity contribution >= 4 is 29.0 Å². The molecule has 0 spiro atoms. The molecular weight excluding hydrogens is 128 g/mol. The van der Waals surface area contributed by atoms with Gasteiger partial charge in [0, 0.05) is 6.92 Å². The second-order valence-electron chi connectivity index (χ2n) is 0.519. The van der Waals surface area contributed by atoms with Gasteiger partial charge in [0.2, 0.25) is 0 Å². The minimum absolute atomic E-state index is 0. The van der Waals surface area contributed by atoms with Gasteiger partial charge in [-0.25, -0.2) is 0 Å². The summed E-state index contributed by atoms with van der Waals surface area (Å²) < 4.78 is 0. The quantitative estimate of drug-likeness (QED) is 0.371. The zero-order valence-electron chi connectivity index (χ0n) is 6.56. The summed E-state index contributed by atoms with van der Waals surface area (Å²) in [6, 6.07) is 0. The minimum atomic E-state index is -0.833. The van der Waals surface area contributed by atoms with Gasteiger partial charge in [0.1, 0.15) is 0 Å². The van der Waals surface area contributed by atoms with E-state index in [2.05, 4.69) is 0 Å². The Labute approximate surface area is 65.7 Å². The van der Waals surface area contributed by atoms with E-state index in [-0.39, 0.29) is 42.3 Å². The zero-order valence-corrected chi connectivity index (χ0v) is 5.98. The van der Waals surface area contributed by atoms with Gasteiger partial charge in [-0.1, -0.05) is 0 Å². The van der Waals surface area contributed by atoms with Crippen LogP contribution in [0.3, 0.4) is 0 Å². The third-order valence-corrected chi connectivity index (χ3v) is 0. The van der Waals surface area contributed by atoms with Crippen molar-refractivity contribution < 1.29 is 29.2 Å². The van der Waals surface area contributed by atoms with Crippen LogP contribution < -0.4 is 0 Å². The second kappa shape index (κ2) is 27.4. The van der Waals surface area contributed by atoms with Gasteiger partial charge in [-0.2, -0.15) is 0 Å². The molecule has 0 aliphatic carbocycles. The van der Waals surface area contributed by atoms with Gasteiger partial charge in [0.15, 0.2) is 0 Å². The fourth-order valence-electron chi connectivity index (χ4n) is 0. The first-order valence-corrected chi connectivity index (χ1v) is 0.928. The summed E-state index contributed by atoms with van der Waals surface area (Å²) in [7, 11) is 0. The summed E-state index contributed by atoms with van der Waals surface area (Å²) in [4.78, 5) is 9.00. The van der Waals surface area contributed by atoms with E-state index < -0.39 is 5.97 Å². The van der Waals surface area contributed by atoms with Crippen LogP contribution in [0.2, 0.25) is 0 Å². The molecule has 0 saturated carbocycles. The molecule has 0 bridgehead atoms. The number of hydrogen-bond donors (Lipinski definition) is 1. The van der Waals surface area contributed by atoms with Gasteiger partial charge >= 0.3 is 23.1 Å². The maximum atomic E-state index is 9.00. The molecule has 0 aliphatic rings. The van der Waals surface area contributed by atoms with E-state index in [0.717, 1.165) is 6.92 Å². The zero-order chi connectivity index (χ0) is 3.58. The van der Waals surface area contributed by atoms with E-state index in [9.17, 15) is 0 Å². The Kier molecular flexibility index (Phi) is 145. The van der Waals surface area contributed by atoms with Crippen molar-refractivity contribution in [2.75, 3.05) is 0 Å². The Morgan fingerprint density at radius 1 is 1.38 bits per heavy atom. The standard InChI is InChI=1S/C2H4O2.Mg.3H2O.2H/c1-2(3)4;;;;;;/h1H3,(H,3,4);;3*1H2;;/q;+2;;;;2*-1. The maximum Gasteiger partial charge on any atom is 2.00 e. The molecule has 0 radical (unpaired) electrons. The smallest absolute Gasteiger partial charge is 1.00 e. The van der Waals surface area contributed by atoms with Crippen LogP contribution in [0.15, 0.2) is 0 Å². The first-order chi connectivity index (χ1) is 1.73. The van der Waals surface area contributed by atoms with Crippen molar-refractivity contribution in [1.29, 1.82) is 0 Å². The Morgan fingerprint density at radius 3 is 1.38 bits per heavy atom. The van der Waals surface area contributed by atoms with Crippen molar-refractivity contribution in [3.63, 3.8) is 0 Å². The van der Waals surface area contributed by atoms with Gasteiger partial charge in [-0.15, -0.1) is 0 Å². The number of carbonyl (C=O) groups is 1. The Morgan fingerprint density at radius 2 is 1.38 bits per heavy atom. The van der Waals surface area contributed by atoms with Crippen LogP contribution in [-0.2, 0) is 4.79 Å². The molecule has 0 fully saturated rings. The molecule has 6 heteroatoms. The number of rotatable bonds is 0. The topological polar surface area (TPSA) is 132 Å². The molecule has 0 aromatic carbocycles. The van der Waals surface area contributed by atoms with Crippen molar-refractivity contribution in [3.8, 4) is 0 Å². The number of carboxylic acid groups (broad SMARTS) is 1. The summed E-state index contributed by atoms with van der Waals surface area (Å²) >= 11 is 0. The molecule has 0 aromatic heterocycles. The SMILES string of the molecule is CC(=O)O.O.O.O.[H-].[H-].[Mg+2]. The first-order valence-electron chi connectivity index (χ1n) is 0.928. The van der Waals surface area contributed by atoms with Crippen LogP contribution in [0.5, 0.6) is 0 Å². The van der Waals surface area contributed by atoms with Gasteiger partial charge in [-0.3, -0.25) is 4.79 Å². The molecule has 0 aliphatic heterocycles. The summed E-state index contributed by atoms with van der Waals surface area (Å²) in [5, 5.41) is 7.42. The van der Waals surface area contributed by atoms with E-state index in [0.29, 0.717) is 0 Å². The molecular formula is C2H12MgO5. The van der Waals surface area contributed by atoms with Gasteiger partial charge < -0.3 is 24.4 Å². The average molecular weight is 140 g/mol. The predicted octanol–water partition coefficient (Wildman–Crippen LogP) is -2.54. The third-order valence-electron chi connectivity index (χ3n) is 0. The van der Waals surface area contributed by atoms with Crippen LogP contribution in [0, 0.1) is 0 Å². The van der Waals surface area contributed by atoms with Crippen LogP contribution in [0.1, 0.15) is 9.78 Å². The van der Waals surface area contributed by atoms with Crippen LogP contribution in [0.4, 0.5) is 0 Å². The van der Waals surface area contributed by atoms with Gasteiger partial charge in [-0.05, 0) is 0 Å². The van der Waals surface area contributed by atoms with Crippen LogP contribution in [0.25, 0.3) is 0 Å². The van der Waals surface area contributed by atoms with E-state index in [1.807, 2.05) is 0 Å². The summed E-state index contributed by atoms with van der Waals surface area (Å²) in [5.41, 5.74) is 0. The average Bonchev–Trinajstić information content (AvgIpc) is 0.811. The Balaban J connectivity index is -0.00000000300. The normalized spacial score (nSPS) is 3.12. The number of hydrogen-bond acceptors (Lipinski definition) is 1. The van der Waals surface area contributed by atoms with E-state index >= 15 is 0 Å². The molecule has 7 N–H and O–H groups in total. The molecule has 0 saturated heterocycles. The fraction of sp³-hybridized carbons (Fsp3) is 0.500. The molecule has 0 atom stereocenters. The largest absolute Gasteiger partial charge is 2.00 e. The van der Waals surface area contributed by atoms with E-state index in [1.54, 1.807) is 0 Å². The fourth-order valence-corrected chi connectivity index (χ4v) is 0. The monoisotopic (exact) mass is 140 g/mol. The van der Waals surface area contributed by atoms with Crippen molar-refractivity contribution in [2.45, 2.75) is 6.92 Å². The number of carboxylic acids is 1. The van der Waals surface area contributed by atoms with E-state index in [1.165, 1.54) is 0 Å². The molecule has 0 rings (SSSR count). The summed E-state index contributed by atoms with van der Waals surface area (Å²) in [5.74, 6) is -0.833. The molecule has 0 heterocycles. The van der Waals surface area contributed by atoms with Crippen molar-refractivity contribution in [2.24, 2.45) is 0 Å². The number of aliphatic carboxylic acids is 1. The van der Waals surface area contributed by atoms with Gasteiger partial charge in [0.05, 0.1) is 0 Å². The molecule has 5 nitrogen and oxygen atoms in total. The van der Waals surface area contributed by atoms with Crippen molar-refractivity contribution in [3.05, 3.63) is 0 Å². The third kappa shape index (κ3) is 11900. The molecule has 0 aromatic rings. The van der Waals surface area contributed by atoms with E-state index in [4.69, 9.17) is 9.90 Å². The molecule has 52 valence electrons. The predicted molar refractivity (Wildman–Crippen MR) is 32.1 cm³/mol. The molecule has 8 heavy (non-hydrogen) atoms. The Hall–Kier alpha value is 0.116.